The average Bonchev–Trinajstić information content (AvgIpc) is 2.54. The highest BCUT2D eigenvalue weighted by Crippen LogP contribution is 2.27. The fourth-order valence-electron chi connectivity index (χ4n) is 1.87. The van der Waals surface area contributed by atoms with Gasteiger partial charge in [-0.25, -0.2) is 0 Å². The average molecular weight is 349 g/mol. The van der Waals surface area contributed by atoms with Crippen molar-refractivity contribution in [1.82, 2.24) is 10.3 Å². The van der Waals surface area contributed by atoms with Gasteiger partial charge in [0.25, 0.3) is 5.69 Å². The van der Waals surface area contributed by atoms with Gasteiger partial charge in [0, 0.05) is 17.4 Å². The van der Waals surface area contributed by atoms with Crippen LogP contribution in [-0.2, 0) is 16.1 Å². The largest absolute Gasteiger partial charge is 0.342 e. The molecule has 0 aliphatic heterocycles. The van der Waals surface area contributed by atoms with Crippen LogP contribution in [0.4, 0.5) is 11.4 Å². The number of hydrogen-bond acceptors (Lipinski definition) is 5. The third-order valence-electron chi connectivity index (χ3n) is 2.98. The van der Waals surface area contributed by atoms with E-state index in [1.54, 1.807) is 12.1 Å². The first kappa shape index (κ1) is 17.4. The van der Waals surface area contributed by atoms with E-state index in [-0.39, 0.29) is 22.9 Å². The Morgan fingerprint density at radius 3 is 2.67 bits per heavy atom. The molecule has 0 aliphatic carbocycles. The molecule has 1 aromatic heterocycles. The number of amides is 2. The number of carbonyl (C=O) groups excluding carboxylic acids is 2. The van der Waals surface area contributed by atoms with Crippen molar-refractivity contribution < 1.29 is 14.5 Å². The van der Waals surface area contributed by atoms with Gasteiger partial charge in [-0.1, -0.05) is 17.7 Å². The molecular weight excluding hydrogens is 336 g/mol. The number of nitrogens with one attached hydrogen (secondary N) is 2. The molecule has 8 nitrogen and oxygen atoms in total. The van der Waals surface area contributed by atoms with Crippen molar-refractivity contribution in [2.24, 2.45) is 0 Å². The monoisotopic (exact) mass is 348 g/mol. The van der Waals surface area contributed by atoms with Gasteiger partial charge in [-0.05, 0) is 31.2 Å². The van der Waals surface area contributed by atoms with Crippen LogP contribution in [-0.4, -0.2) is 21.7 Å². The summed E-state index contributed by atoms with van der Waals surface area (Å²) >= 11 is 5.68. The highest BCUT2D eigenvalue weighted by Gasteiger charge is 2.17. The summed E-state index contributed by atoms with van der Waals surface area (Å²) < 4.78 is 0. The normalized spacial score (nSPS) is 10.1. The van der Waals surface area contributed by atoms with E-state index in [0.29, 0.717) is 5.69 Å². The van der Waals surface area contributed by atoms with Crippen molar-refractivity contribution in [3.63, 3.8) is 0 Å². The summed E-state index contributed by atoms with van der Waals surface area (Å²) in [5.41, 5.74) is 1.14. The zero-order chi connectivity index (χ0) is 17.7. The van der Waals surface area contributed by atoms with Gasteiger partial charge in [0.05, 0.1) is 17.2 Å². The van der Waals surface area contributed by atoms with E-state index in [1.165, 1.54) is 12.1 Å². The molecule has 2 amide bonds. The summed E-state index contributed by atoms with van der Waals surface area (Å²) in [6.45, 7) is 1.90. The molecule has 9 heteroatoms. The first-order valence-electron chi connectivity index (χ1n) is 6.82. The number of benzene rings is 1. The Bertz CT molecular complexity index is 810. The number of pyridine rings is 1. The predicted octanol–water partition coefficient (Wildman–Crippen LogP) is 2.21. The summed E-state index contributed by atoms with van der Waals surface area (Å²) in [5, 5.41) is 15.4. The first-order valence-corrected chi connectivity index (χ1v) is 7.20. The van der Waals surface area contributed by atoms with Crippen LogP contribution in [0.3, 0.4) is 0 Å². The van der Waals surface area contributed by atoms with Crippen LogP contribution >= 0.6 is 11.6 Å². The minimum atomic E-state index is -0.945. The number of carbonyl (C=O) groups is 2. The van der Waals surface area contributed by atoms with Crippen LogP contribution in [0.1, 0.15) is 11.4 Å². The Balaban J connectivity index is 1.98. The standard InChI is InChI=1S/C15H13ClN4O4/c1-9-3-2-4-11(18-9)8-17-14(21)15(22)19-10-5-6-12(16)13(7-10)20(23)24/h2-7H,8H2,1H3,(H,17,21)(H,19,22). The van der Waals surface area contributed by atoms with Crippen molar-refractivity contribution in [2.75, 3.05) is 5.32 Å². The van der Waals surface area contributed by atoms with Gasteiger partial charge in [0.2, 0.25) is 0 Å². The SMILES string of the molecule is Cc1cccc(CNC(=O)C(=O)Nc2ccc(Cl)c([N+](=O)[O-])c2)n1. The first-order chi connectivity index (χ1) is 11.4. The quantitative estimate of drug-likeness (QED) is 0.499. The Morgan fingerprint density at radius 2 is 2.00 bits per heavy atom. The highest BCUT2D eigenvalue weighted by molar-refractivity contribution is 6.39. The second kappa shape index (κ2) is 7.51. The van der Waals surface area contributed by atoms with Crippen LogP contribution in [0.15, 0.2) is 36.4 Å². The predicted molar refractivity (Wildman–Crippen MR) is 87.6 cm³/mol. The maximum atomic E-state index is 11.8. The minimum absolute atomic E-state index is 0.0621. The van der Waals surface area contributed by atoms with Crippen molar-refractivity contribution in [3.8, 4) is 0 Å². The lowest BCUT2D eigenvalue weighted by Crippen LogP contribution is -2.35. The smallest absolute Gasteiger partial charge is 0.313 e. The fourth-order valence-corrected chi connectivity index (χ4v) is 2.05. The number of aromatic nitrogens is 1. The molecule has 0 saturated heterocycles. The zero-order valence-electron chi connectivity index (χ0n) is 12.6. The lowest BCUT2D eigenvalue weighted by Gasteiger charge is -2.07. The molecule has 0 radical (unpaired) electrons. The van der Waals surface area contributed by atoms with Gasteiger partial charge < -0.3 is 10.6 Å². The summed E-state index contributed by atoms with van der Waals surface area (Å²) in [7, 11) is 0. The number of nitro groups is 1. The summed E-state index contributed by atoms with van der Waals surface area (Å²) in [6.07, 6.45) is 0. The van der Waals surface area contributed by atoms with Gasteiger partial charge in [-0.2, -0.15) is 0 Å². The molecule has 0 bridgehead atoms. The van der Waals surface area contributed by atoms with E-state index in [0.717, 1.165) is 11.8 Å². The highest BCUT2D eigenvalue weighted by atomic mass is 35.5. The molecule has 0 saturated carbocycles. The molecule has 0 aliphatic rings. The number of nitrogens with zero attached hydrogens (tertiary/aromatic N) is 2. The van der Waals surface area contributed by atoms with Gasteiger partial charge in [0.1, 0.15) is 5.02 Å². The van der Waals surface area contributed by atoms with Gasteiger partial charge in [-0.3, -0.25) is 24.7 Å². The fraction of sp³-hybridized carbons (Fsp3) is 0.133. The maximum absolute atomic E-state index is 11.8. The number of nitro benzene ring substituents is 1. The summed E-state index contributed by atoms with van der Waals surface area (Å²) in [5.74, 6) is -1.82. The number of rotatable bonds is 4. The van der Waals surface area contributed by atoms with E-state index in [1.807, 2.05) is 13.0 Å². The molecular formula is C15H13ClN4O4. The number of anilines is 1. The second-order valence-electron chi connectivity index (χ2n) is 4.83. The topological polar surface area (TPSA) is 114 Å². The van der Waals surface area contributed by atoms with Crippen LogP contribution in [0, 0.1) is 17.0 Å². The Labute approximate surface area is 142 Å². The Kier molecular flexibility index (Phi) is 5.43. The molecule has 24 heavy (non-hydrogen) atoms. The third kappa shape index (κ3) is 4.50. The molecule has 1 heterocycles. The van der Waals surface area contributed by atoms with Crippen molar-refractivity contribution >= 4 is 34.8 Å². The lowest BCUT2D eigenvalue weighted by atomic mass is 10.2. The van der Waals surface area contributed by atoms with Crippen LogP contribution < -0.4 is 10.6 Å². The van der Waals surface area contributed by atoms with Crippen LogP contribution in [0.2, 0.25) is 5.02 Å². The minimum Gasteiger partial charge on any atom is -0.342 e. The molecule has 0 fully saturated rings. The molecule has 0 atom stereocenters. The van der Waals surface area contributed by atoms with Crippen LogP contribution in [0.25, 0.3) is 0 Å². The third-order valence-corrected chi connectivity index (χ3v) is 3.30. The van der Waals surface area contributed by atoms with E-state index in [4.69, 9.17) is 11.6 Å². The van der Waals surface area contributed by atoms with Crippen LogP contribution in [0.5, 0.6) is 0 Å². The molecule has 0 spiro atoms. The summed E-state index contributed by atoms with van der Waals surface area (Å²) in [4.78, 5) is 37.9. The molecule has 2 aromatic rings. The van der Waals surface area contributed by atoms with E-state index in [9.17, 15) is 19.7 Å². The van der Waals surface area contributed by atoms with Gasteiger partial charge in [-0.15, -0.1) is 0 Å². The molecule has 2 rings (SSSR count). The van der Waals surface area contributed by atoms with Gasteiger partial charge >= 0.3 is 11.8 Å². The summed E-state index contributed by atoms with van der Waals surface area (Å²) in [6, 6.07) is 9.03. The Hall–Kier alpha value is -3.00. The van der Waals surface area contributed by atoms with Crippen molar-refractivity contribution in [2.45, 2.75) is 13.5 Å². The van der Waals surface area contributed by atoms with E-state index in [2.05, 4.69) is 15.6 Å². The van der Waals surface area contributed by atoms with Gasteiger partial charge in [0.15, 0.2) is 0 Å². The van der Waals surface area contributed by atoms with Crippen molar-refractivity contribution in [3.05, 3.63) is 62.9 Å². The molecule has 124 valence electrons. The second-order valence-corrected chi connectivity index (χ2v) is 5.24. The molecule has 2 N–H and O–H groups in total. The van der Waals surface area contributed by atoms with E-state index >= 15 is 0 Å². The zero-order valence-corrected chi connectivity index (χ0v) is 13.3. The number of halogens is 1. The number of aryl methyl sites for hydroxylation is 1. The van der Waals surface area contributed by atoms with Crippen molar-refractivity contribution in [1.29, 1.82) is 0 Å². The molecule has 0 unspecified atom stereocenters. The maximum Gasteiger partial charge on any atom is 0.313 e. The Morgan fingerprint density at radius 1 is 1.25 bits per heavy atom. The molecule has 1 aromatic carbocycles. The lowest BCUT2D eigenvalue weighted by molar-refractivity contribution is -0.384. The van der Waals surface area contributed by atoms with E-state index < -0.39 is 16.7 Å². The number of hydrogen-bond donors (Lipinski definition) is 2.